The SMILES string of the molecule is CCS(=O)(=O)CCCN1CCCN(CCBr)CC1. The van der Waals surface area contributed by atoms with Crippen molar-refractivity contribution >= 4 is 25.8 Å². The fourth-order valence-corrected chi connectivity index (χ4v) is 3.60. The van der Waals surface area contributed by atoms with Crippen molar-refractivity contribution in [1.29, 1.82) is 0 Å². The highest BCUT2D eigenvalue weighted by molar-refractivity contribution is 9.09. The summed E-state index contributed by atoms with van der Waals surface area (Å²) < 4.78 is 22.8. The van der Waals surface area contributed by atoms with Crippen molar-refractivity contribution in [1.82, 2.24) is 9.80 Å². The molecule has 0 bridgehead atoms. The molecule has 0 atom stereocenters. The van der Waals surface area contributed by atoms with Crippen LogP contribution in [0.5, 0.6) is 0 Å². The zero-order chi connectivity index (χ0) is 13.4. The molecule has 0 aromatic carbocycles. The summed E-state index contributed by atoms with van der Waals surface area (Å²) in [7, 11) is -2.79. The van der Waals surface area contributed by atoms with E-state index in [1.807, 2.05) is 0 Å². The molecule has 0 aliphatic carbocycles. The van der Waals surface area contributed by atoms with Gasteiger partial charge in [-0.15, -0.1) is 0 Å². The molecule has 1 rings (SSSR count). The summed E-state index contributed by atoms with van der Waals surface area (Å²) in [6, 6.07) is 0. The third-order valence-electron chi connectivity index (χ3n) is 3.45. The lowest BCUT2D eigenvalue weighted by Gasteiger charge is -2.21. The second kappa shape index (κ2) is 8.51. The van der Waals surface area contributed by atoms with E-state index in [1.165, 1.54) is 6.42 Å². The molecule has 1 aliphatic heterocycles. The molecule has 0 aromatic rings. The van der Waals surface area contributed by atoms with E-state index in [-0.39, 0.29) is 5.75 Å². The molecule has 1 saturated heterocycles. The lowest BCUT2D eigenvalue weighted by Crippen LogP contribution is -2.32. The summed E-state index contributed by atoms with van der Waals surface area (Å²) in [6.45, 7) is 8.18. The molecule has 0 aromatic heterocycles. The van der Waals surface area contributed by atoms with E-state index in [0.717, 1.165) is 51.0 Å². The molecule has 0 saturated carbocycles. The number of sulfone groups is 1. The van der Waals surface area contributed by atoms with Crippen LogP contribution in [-0.2, 0) is 9.84 Å². The highest BCUT2D eigenvalue weighted by atomic mass is 79.9. The fraction of sp³-hybridized carbons (Fsp3) is 1.00. The molecular formula is C12H25BrN2O2S. The van der Waals surface area contributed by atoms with Crippen LogP contribution in [0.2, 0.25) is 0 Å². The highest BCUT2D eigenvalue weighted by Crippen LogP contribution is 2.05. The molecule has 0 N–H and O–H groups in total. The fourth-order valence-electron chi connectivity index (χ4n) is 2.24. The van der Waals surface area contributed by atoms with Crippen molar-refractivity contribution < 1.29 is 8.42 Å². The van der Waals surface area contributed by atoms with Crippen LogP contribution in [0.3, 0.4) is 0 Å². The Morgan fingerprint density at radius 2 is 1.67 bits per heavy atom. The quantitative estimate of drug-likeness (QED) is 0.653. The summed E-state index contributed by atoms with van der Waals surface area (Å²) in [5.74, 6) is 0.608. The smallest absolute Gasteiger partial charge is 0.150 e. The summed E-state index contributed by atoms with van der Waals surface area (Å²) in [5.41, 5.74) is 0. The normalized spacial score (nSPS) is 19.9. The Bertz CT molecular complexity index is 322. The summed E-state index contributed by atoms with van der Waals surface area (Å²) in [4.78, 5) is 4.87. The van der Waals surface area contributed by atoms with Crippen LogP contribution in [0.25, 0.3) is 0 Å². The van der Waals surface area contributed by atoms with Crippen LogP contribution >= 0.6 is 15.9 Å². The predicted molar refractivity (Wildman–Crippen MR) is 80.2 cm³/mol. The van der Waals surface area contributed by atoms with Crippen LogP contribution in [0.4, 0.5) is 0 Å². The molecule has 0 spiro atoms. The monoisotopic (exact) mass is 340 g/mol. The summed E-state index contributed by atoms with van der Waals surface area (Å²) >= 11 is 3.48. The second-order valence-corrected chi connectivity index (χ2v) is 8.08. The zero-order valence-electron chi connectivity index (χ0n) is 11.3. The van der Waals surface area contributed by atoms with Gasteiger partial charge in [0.25, 0.3) is 0 Å². The van der Waals surface area contributed by atoms with Gasteiger partial charge in [-0.1, -0.05) is 22.9 Å². The van der Waals surface area contributed by atoms with E-state index < -0.39 is 9.84 Å². The van der Waals surface area contributed by atoms with Gasteiger partial charge >= 0.3 is 0 Å². The topological polar surface area (TPSA) is 40.6 Å². The van der Waals surface area contributed by atoms with Gasteiger partial charge in [0.2, 0.25) is 0 Å². The molecule has 1 heterocycles. The molecule has 18 heavy (non-hydrogen) atoms. The van der Waals surface area contributed by atoms with Gasteiger partial charge in [-0.3, -0.25) is 0 Å². The van der Waals surface area contributed by atoms with Crippen LogP contribution < -0.4 is 0 Å². The van der Waals surface area contributed by atoms with Gasteiger partial charge in [-0.05, 0) is 32.5 Å². The van der Waals surface area contributed by atoms with Gasteiger partial charge < -0.3 is 9.80 Å². The maximum absolute atomic E-state index is 11.4. The van der Waals surface area contributed by atoms with E-state index in [2.05, 4.69) is 25.7 Å². The lowest BCUT2D eigenvalue weighted by atomic mass is 10.3. The highest BCUT2D eigenvalue weighted by Gasteiger charge is 2.15. The molecule has 0 radical (unpaired) electrons. The number of hydrogen-bond acceptors (Lipinski definition) is 4. The van der Waals surface area contributed by atoms with Gasteiger partial charge in [-0.2, -0.15) is 0 Å². The molecule has 0 unspecified atom stereocenters. The number of rotatable bonds is 7. The van der Waals surface area contributed by atoms with Crippen molar-refractivity contribution in [3.05, 3.63) is 0 Å². The molecule has 6 heteroatoms. The lowest BCUT2D eigenvalue weighted by molar-refractivity contribution is 0.265. The molecule has 4 nitrogen and oxygen atoms in total. The molecule has 1 fully saturated rings. The molecular weight excluding hydrogens is 316 g/mol. The maximum Gasteiger partial charge on any atom is 0.150 e. The Kier molecular flexibility index (Phi) is 7.75. The second-order valence-electron chi connectivity index (χ2n) is 4.82. The van der Waals surface area contributed by atoms with Crippen molar-refractivity contribution in [2.24, 2.45) is 0 Å². The Balaban J connectivity index is 2.23. The number of halogens is 1. The Hall–Kier alpha value is 0.350. The minimum atomic E-state index is -2.79. The third kappa shape index (κ3) is 6.50. The van der Waals surface area contributed by atoms with Crippen molar-refractivity contribution in [3.8, 4) is 0 Å². The maximum atomic E-state index is 11.4. The van der Waals surface area contributed by atoms with Crippen LogP contribution in [0.1, 0.15) is 19.8 Å². The summed E-state index contributed by atoms with van der Waals surface area (Å²) in [5, 5.41) is 1.03. The first-order valence-corrected chi connectivity index (χ1v) is 9.73. The van der Waals surface area contributed by atoms with E-state index in [0.29, 0.717) is 5.75 Å². The zero-order valence-corrected chi connectivity index (χ0v) is 13.7. The van der Waals surface area contributed by atoms with E-state index in [4.69, 9.17) is 0 Å². The van der Waals surface area contributed by atoms with Gasteiger partial charge in [0, 0.05) is 30.7 Å². The first-order chi connectivity index (χ1) is 8.57. The molecule has 108 valence electrons. The number of alkyl halides is 1. The molecule has 1 aliphatic rings. The van der Waals surface area contributed by atoms with Crippen LogP contribution in [0.15, 0.2) is 0 Å². The average Bonchev–Trinajstić information content (AvgIpc) is 2.56. The minimum absolute atomic E-state index is 0.270. The van der Waals surface area contributed by atoms with E-state index in [1.54, 1.807) is 6.92 Å². The van der Waals surface area contributed by atoms with Gasteiger partial charge in [-0.25, -0.2) is 8.42 Å². The third-order valence-corrected chi connectivity index (χ3v) is 5.60. The first kappa shape index (κ1) is 16.4. The first-order valence-electron chi connectivity index (χ1n) is 6.78. The van der Waals surface area contributed by atoms with E-state index in [9.17, 15) is 8.42 Å². The van der Waals surface area contributed by atoms with Gasteiger partial charge in [0.1, 0.15) is 9.84 Å². The standard InChI is InChI=1S/C12H25BrN2O2S/c1-2-18(16,17)12-4-8-14-6-3-7-15(9-5-13)11-10-14/h2-12H2,1H3. The van der Waals surface area contributed by atoms with Crippen molar-refractivity contribution in [2.45, 2.75) is 19.8 Å². The van der Waals surface area contributed by atoms with E-state index >= 15 is 0 Å². The number of nitrogens with zero attached hydrogens (tertiary/aromatic N) is 2. The van der Waals surface area contributed by atoms with Crippen LogP contribution in [0, 0.1) is 0 Å². The Morgan fingerprint density at radius 1 is 1.06 bits per heavy atom. The number of hydrogen-bond donors (Lipinski definition) is 0. The van der Waals surface area contributed by atoms with Crippen molar-refractivity contribution in [2.75, 3.05) is 56.1 Å². The minimum Gasteiger partial charge on any atom is -0.302 e. The van der Waals surface area contributed by atoms with Crippen LogP contribution in [-0.4, -0.2) is 74.3 Å². The average molecular weight is 341 g/mol. The molecule has 0 amide bonds. The summed E-state index contributed by atoms with van der Waals surface area (Å²) in [6.07, 6.45) is 1.96. The van der Waals surface area contributed by atoms with Crippen molar-refractivity contribution in [3.63, 3.8) is 0 Å². The largest absolute Gasteiger partial charge is 0.302 e. The van der Waals surface area contributed by atoms with Gasteiger partial charge in [0.15, 0.2) is 0 Å². The predicted octanol–water partition coefficient (Wildman–Crippen LogP) is 1.21. The van der Waals surface area contributed by atoms with Gasteiger partial charge in [0.05, 0.1) is 5.75 Å². The Morgan fingerprint density at radius 3 is 2.22 bits per heavy atom. The Labute approximate surface area is 120 Å².